The highest BCUT2D eigenvalue weighted by Gasteiger charge is 2.44. The van der Waals surface area contributed by atoms with Gasteiger partial charge in [0.2, 0.25) is 11.8 Å². The standard InChI is InChI=1S/C14H14BrFN2O2/c15-11-5-10(16)4-3-9(11)7-18-12(19)6-17-14(20)13(18)8-1-2-8/h3-5,8,13H,1-2,6-7H2,(H,17,20). The van der Waals surface area contributed by atoms with Crippen molar-refractivity contribution in [3.8, 4) is 0 Å². The Kier molecular flexibility index (Phi) is 3.50. The molecule has 0 radical (unpaired) electrons. The zero-order valence-electron chi connectivity index (χ0n) is 10.7. The van der Waals surface area contributed by atoms with Gasteiger partial charge in [0.1, 0.15) is 11.9 Å². The monoisotopic (exact) mass is 340 g/mol. The number of benzene rings is 1. The molecular formula is C14H14BrFN2O2. The summed E-state index contributed by atoms with van der Waals surface area (Å²) in [5, 5.41) is 2.64. The summed E-state index contributed by atoms with van der Waals surface area (Å²) in [6.45, 7) is 0.370. The molecule has 1 atom stereocenters. The zero-order valence-corrected chi connectivity index (χ0v) is 12.3. The molecule has 4 nitrogen and oxygen atoms in total. The van der Waals surface area contributed by atoms with Crippen LogP contribution in [-0.2, 0) is 16.1 Å². The highest BCUT2D eigenvalue weighted by molar-refractivity contribution is 9.10. The van der Waals surface area contributed by atoms with Gasteiger partial charge >= 0.3 is 0 Å². The van der Waals surface area contributed by atoms with E-state index < -0.39 is 0 Å². The fourth-order valence-corrected chi connectivity index (χ4v) is 3.04. The molecular weight excluding hydrogens is 327 g/mol. The van der Waals surface area contributed by atoms with E-state index in [1.54, 1.807) is 11.0 Å². The minimum Gasteiger partial charge on any atom is -0.345 e. The van der Waals surface area contributed by atoms with Crippen LogP contribution in [0.1, 0.15) is 18.4 Å². The van der Waals surface area contributed by atoms with Crippen LogP contribution in [0.4, 0.5) is 4.39 Å². The van der Waals surface area contributed by atoms with Crippen LogP contribution in [0, 0.1) is 11.7 Å². The molecule has 0 spiro atoms. The van der Waals surface area contributed by atoms with Crippen molar-refractivity contribution < 1.29 is 14.0 Å². The number of nitrogens with zero attached hydrogens (tertiary/aromatic N) is 1. The van der Waals surface area contributed by atoms with Crippen molar-refractivity contribution in [3.63, 3.8) is 0 Å². The van der Waals surface area contributed by atoms with Gasteiger partial charge < -0.3 is 10.2 Å². The van der Waals surface area contributed by atoms with E-state index in [1.165, 1.54) is 12.1 Å². The third-order valence-electron chi connectivity index (χ3n) is 3.76. The maximum atomic E-state index is 13.1. The number of rotatable bonds is 3. The highest BCUT2D eigenvalue weighted by atomic mass is 79.9. The molecule has 1 saturated carbocycles. The predicted molar refractivity (Wildman–Crippen MR) is 74.2 cm³/mol. The van der Waals surface area contributed by atoms with Crippen LogP contribution in [0.3, 0.4) is 0 Å². The van der Waals surface area contributed by atoms with Crippen LogP contribution >= 0.6 is 15.9 Å². The van der Waals surface area contributed by atoms with Gasteiger partial charge in [-0.3, -0.25) is 9.59 Å². The predicted octanol–water partition coefficient (Wildman–Crippen LogP) is 1.83. The maximum Gasteiger partial charge on any atom is 0.243 e. The molecule has 2 fully saturated rings. The lowest BCUT2D eigenvalue weighted by Crippen LogP contribution is -2.58. The van der Waals surface area contributed by atoms with Crippen molar-refractivity contribution in [2.24, 2.45) is 5.92 Å². The molecule has 1 unspecified atom stereocenters. The minimum absolute atomic E-state index is 0.0425. The molecule has 3 rings (SSSR count). The molecule has 6 heteroatoms. The van der Waals surface area contributed by atoms with Gasteiger partial charge in [-0.05, 0) is 36.5 Å². The Bertz CT molecular complexity index is 574. The lowest BCUT2D eigenvalue weighted by Gasteiger charge is -2.35. The molecule has 2 aliphatic rings. The molecule has 2 amide bonds. The first kappa shape index (κ1) is 13.5. The summed E-state index contributed by atoms with van der Waals surface area (Å²) >= 11 is 3.30. The second-order valence-corrected chi connectivity index (χ2v) is 6.11. The summed E-state index contributed by atoms with van der Waals surface area (Å²) < 4.78 is 13.7. The van der Waals surface area contributed by atoms with Crippen molar-refractivity contribution in [2.45, 2.75) is 25.4 Å². The number of carbonyl (C=O) groups is 2. The number of halogens is 2. The Labute approximate surface area is 124 Å². The highest BCUT2D eigenvalue weighted by Crippen LogP contribution is 2.37. The summed E-state index contributed by atoms with van der Waals surface area (Å²) in [6, 6.07) is 3.99. The average Bonchev–Trinajstić information content (AvgIpc) is 3.21. The van der Waals surface area contributed by atoms with Crippen molar-refractivity contribution in [1.82, 2.24) is 10.2 Å². The largest absolute Gasteiger partial charge is 0.345 e. The van der Waals surface area contributed by atoms with Crippen LogP contribution < -0.4 is 5.32 Å². The summed E-state index contributed by atoms with van der Waals surface area (Å²) in [6.07, 6.45) is 1.96. The van der Waals surface area contributed by atoms with E-state index in [1.807, 2.05) is 0 Å². The second-order valence-electron chi connectivity index (χ2n) is 5.26. The van der Waals surface area contributed by atoms with Gasteiger partial charge in [-0.1, -0.05) is 22.0 Å². The van der Waals surface area contributed by atoms with Crippen molar-refractivity contribution in [1.29, 1.82) is 0 Å². The molecule has 1 heterocycles. The molecule has 0 bridgehead atoms. The van der Waals surface area contributed by atoms with Gasteiger partial charge in [0.25, 0.3) is 0 Å². The maximum absolute atomic E-state index is 13.1. The first-order valence-corrected chi connectivity index (χ1v) is 7.36. The van der Waals surface area contributed by atoms with Crippen LogP contribution in [-0.4, -0.2) is 29.3 Å². The lowest BCUT2D eigenvalue weighted by atomic mass is 10.1. The Morgan fingerprint density at radius 2 is 2.10 bits per heavy atom. The van der Waals surface area contributed by atoms with E-state index >= 15 is 0 Å². The van der Waals surface area contributed by atoms with E-state index in [0.717, 1.165) is 18.4 Å². The first-order valence-electron chi connectivity index (χ1n) is 6.57. The molecule has 1 aliphatic carbocycles. The van der Waals surface area contributed by atoms with E-state index in [2.05, 4.69) is 21.2 Å². The molecule has 106 valence electrons. The fraction of sp³-hybridized carbons (Fsp3) is 0.429. The van der Waals surface area contributed by atoms with E-state index in [-0.39, 0.29) is 36.1 Å². The van der Waals surface area contributed by atoms with Gasteiger partial charge in [-0.2, -0.15) is 0 Å². The Morgan fingerprint density at radius 1 is 1.35 bits per heavy atom. The first-order chi connectivity index (χ1) is 9.56. The van der Waals surface area contributed by atoms with Crippen LogP contribution in [0.5, 0.6) is 0 Å². The third kappa shape index (κ3) is 2.57. The van der Waals surface area contributed by atoms with E-state index in [0.29, 0.717) is 11.0 Å². The Hall–Kier alpha value is -1.43. The minimum atomic E-state index is -0.381. The molecule has 20 heavy (non-hydrogen) atoms. The molecule has 1 aliphatic heterocycles. The van der Waals surface area contributed by atoms with E-state index in [9.17, 15) is 14.0 Å². The Morgan fingerprint density at radius 3 is 2.75 bits per heavy atom. The lowest BCUT2D eigenvalue weighted by molar-refractivity contribution is -0.147. The topological polar surface area (TPSA) is 49.4 Å². The number of nitrogens with one attached hydrogen (secondary N) is 1. The normalized spacial score (nSPS) is 22.9. The van der Waals surface area contributed by atoms with Gasteiger partial charge in [0.05, 0.1) is 6.54 Å². The number of hydrogen-bond donors (Lipinski definition) is 1. The number of piperazine rings is 1. The quantitative estimate of drug-likeness (QED) is 0.912. The van der Waals surface area contributed by atoms with Gasteiger partial charge in [-0.15, -0.1) is 0 Å². The molecule has 1 aromatic rings. The van der Waals surface area contributed by atoms with Crippen LogP contribution in [0.25, 0.3) is 0 Å². The third-order valence-corrected chi connectivity index (χ3v) is 4.50. The van der Waals surface area contributed by atoms with Crippen LogP contribution in [0.15, 0.2) is 22.7 Å². The van der Waals surface area contributed by atoms with E-state index in [4.69, 9.17) is 0 Å². The van der Waals surface area contributed by atoms with Gasteiger partial charge in [0, 0.05) is 11.0 Å². The van der Waals surface area contributed by atoms with Gasteiger partial charge in [-0.25, -0.2) is 4.39 Å². The number of carbonyl (C=O) groups excluding carboxylic acids is 2. The molecule has 1 N–H and O–H groups in total. The van der Waals surface area contributed by atoms with Crippen LogP contribution in [0.2, 0.25) is 0 Å². The molecule has 1 aromatic carbocycles. The van der Waals surface area contributed by atoms with Gasteiger partial charge in [0.15, 0.2) is 0 Å². The van der Waals surface area contributed by atoms with Crippen molar-refractivity contribution in [2.75, 3.05) is 6.54 Å². The number of hydrogen-bond acceptors (Lipinski definition) is 2. The summed E-state index contributed by atoms with van der Waals surface area (Å²) in [4.78, 5) is 25.7. The number of amides is 2. The summed E-state index contributed by atoms with van der Waals surface area (Å²) in [5.41, 5.74) is 0.806. The van der Waals surface area contributed by atoms with Crippen molar-refractivity contribution >= 4 is 27.7 Å². The molecule has 0 aromatic heterocycles. The summed E-state index contributed by atoms with van der Waals surface area (Å²) in [5.74, 6) is -0.233. The Balaban J connectivity index is 1.85. The fourth-order valence-electron chi connectivity index (χ4n) is 2.57. The zero-order chi connectivity index (χ0) is 14.3. The molecule has 1 saturated heterocycles. The summed E-state index contributed by atoms with van der Waals surface area (Å²) in [7, 11) is 0. The average molecular weight is 341 g/mol. The smallest absolute Gasteiger partial charge is 0.243 e. The second kappa shape index (κ2) is 5.16. The SMILES string of the molecule is O=C1NCC(=O)N(Cc2ccc(F)cc2Br)C1C1CC1. The van der Waals surface area contributed by atoms with Crippen molar-refractivity contribution in [3.05, 3.63) is 34.1 Å².